The predicted molar refractivity (Wildman–Crippen MR) is 115 cm³/mol. The van der Waals surface area contributed by atoms with Crippen molar-refractivity contribution in [3.63, 3.8) is 0 Å². The maximum Gasteiger partial charge on any atom is 0.250 e. The molecule has 0 aliphatic heterocycles. The fourth-order valence-corrected chi connectivity index (χ4v) is 4.62. The van der Waals surface area contributed by atoms with E-state index in [1.807, 2.05) is 30.3 Å². The highest BCUT2D eigenvalue weighted by Gasteiger charge is 2.28. The van der Waals surface area contributed by atoms with Crippen molar-refractivity contribution in [2.75, 3.05) is 5.75 Å². The molecule has 0 aromatic heterocycles. The van der Waals surface area contributed by atoms with E-state index in [1.165, 1.54) is 22.3 Å². The van der Waals surface area contributed by atoms with E-state index in [1.54, 1.807) is 36.9 Å². The van der Waals surface area contributed by atoms with Crippen molar-refractivity contribution in [1.29, 1.82) is 0 Å². The van der Waals surface area contributed by atoms with Gasteiger partial charge in [-0.2, -0.15) is 5.10 Å². The van der Waals surface area contributed by atoms with Crippen LogP contribution in [0.2, 0.25) is 0 Å². The van der Waals surface area contributed by atoms with Crippen molar-refractivity contribution in [3.05, 3.63) is 89.5 Å². The van der Waals surface area contributed by atoms with E-state index in [0.29, 0.717) is 17.0 Å². The van der Waals surface area contributed by atoms with Gasteiger partial charge in [-0.25, -0.2) is 5.43 Å². The molecule has 0 saturated carbocycles. The predicted octanol–water partition coefficient (Wildman–Crippen LogP) is 4.74. The summed E-state index contributed by atoms with van der Waals surface area (Å²) in [5, 5.41) is 14.2. The molecule has 4 rings (SSSR count). The van der Waals surface area contributed by atoms with E-state index in [4.69, 9.17) is 0 Å². The fourth-order valence-electron chi connectivity index (χ4n) is 3.47. The third-order valence-electron chi connectivity index (χ3n) is 4.80. The number of aromatic hydroxyl groups is 1. The first kappa shape index (κ1) is 18.3. The lowest BCUT2D eigenvalue weighted by atomic mass is 10.1. The first-order chi connectivity index (χ1) is 13.6. The van der Waals surface area contributed by atoms with Gasteiger partial charge in [0, 0.05) is 5.56 Å². The number of carbonyl (C=O) groups excluding carboxylic acids is 1. The summed E-state index contributed by atoms with van der Waals surface area (Å²) >= 11 is 1.60. The van der Waals surface area contributed by atoms with Crippen LogP contribution in [0.1, 0.15) is 28.9 Å². The van der Waals surface area contributed by atoms with Gasteiger partial charge in [0.05, 0.1) is 16.7 Å². The summed E-state index contributed by atoms with van der Waals surface area (Å²) in [6.07, 6.45) is 0. The SMILES string of the molecule is CC(=NNC(=O)CSC1c2ccccc2-c2ccccc21)c1ccccc1O. The molecule has 140 valence electrons. The van der Waals surface area contributed by atoms with Crippen molar-refractivity contribution in [3.8, 4) is 16.9 Å². The van der Waals surface area contributed by atoms with Crippen LogP contribution >= 0.6 is 11.8 Å². The smallest absolute Gasteiger partial charge is 0.250 e. The largest absolute Gasteiger partial charge is 0.507 e. The van der Waals surface area contributed by atoms with Crippen molar-refractivity contribution < 1.29 is 9.90 Å². The molecule has 4 nitrogen and oxygen atoms in total. The zero-order valence-electron chi connectivity index (χ0n) is 15.4. The van der Waals surface area contributed by atoms with Crippen LogP contribution < -0.4 is 5.43 Å². The molecule has 5 heteroatoms. The highest BCUT2D eigenvalue weighted by molar-refractivity contribution is 8.00. The Morgan fingerprint density at radius 2 is 1.54 bits per heavy atom. The number of amides is 1. The van der Waals surface area contributed by atoms with Gasteiger partial charge in [-0.05, 0) is 41.3 Å². The minimum Gasteiger partial charge on any atom is -0.507 e. The molecule has 0 bridgehead atoms. The normalized spacial score (nSPS) is 13.1. The van der Waals surface area contributed by atoms with Crippen LogP contribution in [0.25, 0.3) is 11.1 Å². The average molecular weight is 388 g/mol. The van der Waals surface area contributed by atoms with Gasteiger partial charge in [0.25, 0.3) is 0 Å². The molecular formula is C23H20N2O2S. The van der Waals surface area contributed by atoms with Gasteiger partial charge in [-0.15, -0.1) is 11.8 Å². The highest BCUT2D eigenvalue weighted by atomic mass is 32.2. The molecule has 1 amide bonds. The van der Waals surface area contributed by atoms with Crippen molar-refractivity contribution >= 4 is 23.4 Å². The number of rotatable bonds is 5. The fraction of sp³-hybridized carbons (Fsp3) is 0.130. The number of fused-ring (bicyclic) bond motifs is 3. The number of phenols is 1. The van der Waals surface area contributed by atoms with Gasteiger partial charge in [-0.3, -0.25) is 4.79 Å². The number of nitrogens with one attached hydrogen (secondary N) is 1. The van der Waals surface area contributed by atoms with Crippen LogP contribution in [-0.4, -0.2) is 22.5 Å². The number of thioether (sulfide) groups is 1. The third-order valence-corrected chi connectivity index (χ3v) is 6.07. The Hall–Kier alpha value is -3.05. The molecule has 0 unspecified atom stereocenters. The molecule has 0 fully saturated rings. The summed E-state index contributed by atoms with van der Waals surface area (Å²) in [6, 6.07) is 23.6. The molecular weight excluding hydrogens is 368 g/mol. The third kappa shape index (κ3) is 3.53. The maximum atomic E-state index is 12.3. The van der Waals surface area contributed by atoms with E-state index in [0.717, 1.165) is 0 Å². The molecule has 0 saturated heterocycles. The van der Waals surface area contributed by atoms with Crippen molar-refractivity contribution in [2.24, 2.45) is 5.10 Å². The standard InChI is InChI=1S/C23H20N2O2S/c1-15(16-8-6-7-13-21(16)26)24-25-22(27)14-28-23-19-11-4-2-9-17(19)18-10-3-5-12-20(18)23/h2-13,23,26H,14H2,1H3,(H,25,27). The van der Waals surface area contributed by atoms with Crippen LogP contribution in [0, 0.1) is 0 Å². The Labute approximate surface area is 168 Å². The first-order valence-electron chi connectivity index (χ1n) is 9.06. The molecule has 0 heterocycles. The van der Waals surface area contributed by atoms with Crippen LogP contribution in [0.3, 0.4) is 0 Å². The number of para-hydroxylation sites is 1. The lowest BCUT2D eigenvalue weighted by Crippen LogP contribution is -2.21. The van der Waals surface area contributed by atoms with Crippen molar-refractivity contribution in [2.45, 2.75) is 12.2 Å². The number of hydrazone groups is 1. The van der Waals surface area contributed by atoms with Crippen LogP contribution in [0.4, 0.5) is 0 Å². The van der Waals surface area contributed by atoms with Gasteiger partial charge in [-0.1, -0.05) is 60.7 Å². The number of hydrogen-bond acceptors (Lipinski definition) is 4. The Kier molecular flexibility index (Phi) is 5.17. The number of phenolic OH excluding ortho intramolecular Hbond substituents is 1. The molecule has 3 aromatic rings. The summed E-state index contributed by atoms with van der Waals surface area (Å²) in [5.74, 6) is 0.276. The van der Waals surface area contributed by atoms with Gasteiger partial charge in [0.1, 0.15) is 5.75 Å². The average Bonchev–Trinajstić information content (AvgIpc) is 3.05. The summed E-state index contributed by atoms with van der Waals surface area (Å²) in [7, 11) is 0. The van der Waals surface area contributed by atoms with E-state index in [2.05, 4.69) is 34.8 Å². The van der Waals surface area contributed by atoms with Gasteiger partial charge < -0.3 is 5.11 Å². The summed E-state index contributed by atoms with van der Waals surface area (Å²) < 4.78 is 0. The van der Waals surface area contributed by atoms with Crippen LogP contribution in [0.15, 0.2) is 77.9 Å². The Bertz CT molecular complexity index is 1020. The maximum absolute atomic E-state index is 12.3. The monoisotopic (exact) mass is 388 g/mol. The molecule has 0 spiro atoms. The molecule has 3 aromatic carbocycles. The molecule has 1 aliphatic rings. The van der Waals surface area contributed by atoms with Crippen LogP contribution in [0.5, 0.6) is 5.75 Å². The summed E-state index contributed by atoms with van der Waals surface area (Å²) in [5.41, 5.74) is 8.74. The minimum atomic E-state index is -0.165. The molecule has 2 N–H and O–H groups in total. The number of carbonyl (C=O) groups is 1. The second-order valence-electron chi connectivity index (χ2n) is 6.61. The quantitative estimate of drug-likeness (QED) is 0.490. The minimum absolute atomic E-state index is 0.140. The van der Waals surface area contributed by atoms with E-state index in [9.17, 15) is 9.90 Å². The number of benzene rings is 3. The van der Waals surface area contributed by atoms with Gasteiger partial charge >= 0.3 is 0 Å². The van der Waals surface area contributed by atoms with Gasteiger partial charge in [0.2, 0.25) is 5.91 Å². The Morgan fingerprint density at radius 3 is 2.18 bits per heavy atom. The molecule has 0 atom stereocenters. The second-order valence-corrected chi connectivity index (χ2v) is 7.71. The van der Waals surface area contributed by atoms with E-state index >= 15 is 0 Å². The molecule has 1 aliphatic carbocycles. The van der Waals surface area contributed by atoms with E-state index < -0.39 is 0 Å². The van der Waals surface area contributed by atoms with E-state index in [-0.39, 0.29) is 16.9 Å². The number of hydrogen-bond donors (Lipinski definition) is 2. The van der Waals surface area contributed by atoms with Crippen molar-refractivity contribution in [1.82, 2.24) is 5.43 Å². The van der Waals surface area contributed by atoms with Crippen LogP contribution in [-0.2, 0) is 4.79 Å². The Balaban J connectivity index is 1.44. The summed E-state index contributed by atoms with van der Waals surface area (Å²) in [4.78, 5) is 12.3. The molecule has 0 radical (unpaired) electrons. The lowest BCUT2D eigenvalue weighted by molar-refractivity contribution is -0.118. The second kappa shape index (κ2) is 7.90. The lowest BCUT2D eigenvalue weighted by Gasteiger charge is -2.12. The highest BCUT2D eigenvalue weighted by Crippen LogP contribution is 2.49. The Morgan fingerprint density at radius 1 is 0.964 bits per heavy atom. The zero-order valence-corrected chi connectivity index (χ0v) is 16.2. The zero-order chi connectivity index (χ0) is 19.5. The topological polar surface area (TPSA) is 61.7 Å². The molecule has 28 heavy (non-hydrogen) atoms. The summed E-state index contributed by atoms with van der Waals surface area (Å²) in [6.45, 7) is 1.76. The first-order valence-corrected chi connectivity index (χ1v) is 10.1. The number of nitrogens with zero attached hydrogens (tertiary/aromatic N) is 1. The van der Waals surface area contributed by atoms with Gasteiger partial charge in [0.15, 0.2) is 0 Å².